The fraction of sp³-hybridized carbons (Fsp3) is 0.385. The van der Waals surface area contributed by atoms with Gasteiger partial charge in [0.15, 0.2) is 0 Å². The van der Waals surface area contributed by atoms with Crippen LogP contribution in [0.5, 0.6) is 0 Å². The molecule has 0 aliphatic rings. The Bertz CT molecular complexity index is 541. The minimum Gasteiger partial charge on any atom is -0.253 e. The second kappa shape index (κ2) is 3.70. The lowest BCUT2D eigenvalue weighted by molar-refractivity contribution is 0.591. The maximum atomic E-state index is 6.24. The summed E-state index contributed by atoms with van der Waals surface area (Å²) in [6.45, 7) is 8.39. The number of benzene rings is 1. The molecule has 0 saturated heterocycles. The van der Waals surface area contributed by atoms with Gasteiger partial charge in [0.25, 0.3) is 0 Å². The van der Waals surface area contributed by atoms with Crippen molar-refractivity contribution in [1.82, 2.24) is 9.97 Å². The highest BCUT2D eigenvalue weighted by Gasteiger charge is 2.16. The summed E-state index contributed by atoms with van der Waals surface area (Å²) >= 11 is 6.24. The smallest absolute Gasteiger partial charge is 0.108 e. The number of nitrogens with zero attached hydrogens (tertiary/aromatic N) is 2. The molecule has 1 aromatic carbocycles. The first-order chi connectivity index (χ1) is 7.38. The van der Waals surface area contributed by atoms with Gasteiger partial charge in [0.1, 0.15) is 5.52 Å². The Morgan fingerprint density at radius 1 is 1.19 bits per heavy atom. The number of hydrogen-bond acceptors (Lipinski definition) is 2. The van der Waals surface area contributed by atoms with Crippen molar-refractivity contribution in [3.05, 3.63) is 34.6 Å². The van der Waals surface area contributed by atoms with Crippen molar-refractivity contribution in [3.8, 4) is 0 Å². The van der Waals surface area contributed by atoms with Crippen molar-refractivity contribution in [2.75, 3.05) is 0 Å². The molecule has 0 atom stereocenters. The summed E-state index contributed by atoms with van der Waals surface area (Å²) in [6.07, 6.45) is 1.77. The fourth-order valence-corrected chi connectivity index (χ4v) is 1.85. The molecule has 0 amide bonds. The Hall–Kier alpha value is -1.15. The lowest BCUT2D eigenvalue weighted by Crippen LogP contribution is -2.11. The first kappa shape index (κ1) is 11.3. The molecule has 0 unspecified atom stereocenters. The van der Waals surface area contributed by atoms with Crippen LogP contribution in [0.2, 0.25) is 5.02 Å². The minimum absolute atomic E-state index is 0.0738. The third kappa shape index (κ3) is 2.03. The second-order valence-electron chi connectivity index (χ2n) is 5.09. The summed E-state index contributed by atoms with van der Waals surface area (Å²) in [4.78, 5) is 8.77. The predicted molar refractivity (Wildman–Crippen MR) is 68.0 cm³/mol. The molecule has 0 saturated carbocycles. The summed E-state index contributed by atoms with van der Waals surface area (Å²) < 4.78 is 0. The number of aryl methyl sites for hydroxylation is 1. The summed E-state index contributed by atoms with van der Waals surface area (Å²) in [5.74, 6) is 0. The molecule has 0 fully saturated rings. The molecule has 2 rings (SSSR count). The predicted octanol–water partition coefficient (Wildman–Crippen LogP) is 3.89. The molecule has 2 aromatic rings. The molecule has 0 aliphatic carbocycles. The van der Waals surface area contributed by atoms with Crippen LogP contribution in [0.4, 0.5) is 0 Å². The Morgan fingerprint density at radius 3 is 2.50 bits per heavy atom. The van der Waals surface area contributed by atoms with Crippen LogP contribution in [0.1, 0.15) is 32.0 Å². The van der Waals surface area contributed by atoms with Crippen LogP contribution in [0.25, 0.3) is 11.0 Å². The SMILES string of the molecule is Cc1cnc2cc(C(C)(C)C)cc(Cl)c2n1. The molecule has 3 heteroatoms. The third-order valence-electron chi connectivity index (χ3n) is 2.59. The van der Waals surface area contributed by atoms with Gasteiger partial charge in [0.05, 0.1) is 16.2 Å². The third-order valence-corrected chi connectivity index (χ3v) is 2.88. The molecule has 1 heterocycles. The van der Waals surface area contributed by atoms with Crippen LogP contribution >= 0.6 is 11.6 Å². The van der Waals surface area contributed by atoms with Gasteiger partial charge in [-0.3, -0.25) is 4.98 Å². The summed E-state index contributed by atoms with van der Waals surface area (Å²) in [7, 11) is 0. The van der Waals surface area contributed by atoms with E-state index in [9.17, 15) is 0 Å². The average molecular weight is 235 g/mol. The topological polar surface area (TPSA) is 25.8 Å². The van der Waals surface area contributed by atoms with Crippen molar-refractivity contribution < 1.29 is 0 Å². The van der Waals surface area contributed by atoms with Crippen LogP contribution in [-0.4, -0.2) is 9.97 Å². The fourth-order valence-electron chi connectivity index (χ4n) is 1.59. The van der Waals surface area contributed by atoms with E-state index in [1.165, 1.54) is 5.56 Å². The molecule has 0 aliphatic heterocycles. The molecular weight excluding hydrogens is 220 g/mol. The molecular formula is C13H15ClN2. The highest BCUT2D eigenvalue weighted by Crippen LogP contribution is 2.29. The van der Waals surface area contributed by atoms with E-state index in [1.807, 2.05) is 13.0 Å². The largest absolute Gasteiger partial charge is 0.253 e. The molecule has 84 valence electrons. The number of halogens is 1. The van der Waals surface area contributed by atoms with Gasteiger partial charge in [0, 0.05) is 6.20 Å². The second-order valence-corrected chi connectivity index (χ2v) is 5.49. The van der Waals surface area contributed by atoms with Gasteiger partial charge in [-0.2, -0.15) is 0 Å². The van der Waals surface area contributed by atoms with Crippen molar-refractivity contribution in [1.29, 1.82) is 0 Å². The van der Waals surface area contributed by atoms with E-state index in [-0.39, 0.29) is 5.41 Å². The summed E-state index contributed by atoms with van der Waals surface area (Å²) in [6, 6.07) is 4.05. The number of fused-ring (bicyclic) bond motifs is 1. The summed E-state index contributed by atoms with van der Waals surface area (Å²) in [5, 5.41) is 0.679. The van der Waals surface area contributed by atoms with Crippen LogP contribution in [0, 0.1) is 6.92 Å². The van der Waals surface area contributed by atoms with Crippen molar-refractivity contribution in [3.63, 3.8) is 0 Å². The van der Waals surface area contributed by atoms with Crippen molar-refractivity contribution >= 4 is 22.6 Å². The molecule has 0 N–H and O–H groups in total. The van der Waals surface area contributed by atoms with Crippen LogP contribution in [-0.2, 0) is 5.41 Å². The van der Waals surface area contributed by atoms with E-state index in [2.05, 4.69) is 36.8 Å². The van der Waals surface area contributed by atoms with Crippen LogP contribution in [0.15, 0.2) is 18.3 Å². The van der Waals surface area contributed by atoms with Gasteiger partial charge in [-0.25, -0.2) is 4.98 Å². The first-order valence-electron chi connectivity index (χ1n) is 5.31. The van der Waals surface area contributed by atoms with E-state index in [0.29, 0.717) is 5.02 Å². The van der Waals surface area contributed by atoms with Gasteiger partial charge in [-0.15, -0.1) is 0 Å². The van der Waals surface area contributed by atoms with E-state index in [0.717, 1.165) is 16.7 Å². The highest BCUT2D eigenvalue weighted by atomic mass is 35.5. The monoisotopic (exact) mass is 234 g/mol. The van der Waals surface area contributed by atoms with Gasteiger partial charge in [0.2, 0.25) is 0 Å². The lowest BCUT2D eigenvalue weighted by atomic mass is 9.87. The Kier molecular flexibility index (Phi) is 2.62. The van der Waals surface area contributed by atoms with E-state index in [4.69, 9.17) is 11.6 Å². The Morgan fingerprint density at radius 2 is 1.88 bits per heavy atom. The molecule has 0 radical (unpaired) electrons. The lowest BCUT2D eigenvalue weighted by Gasteiger charge is -2.19. The zero-order valence-electron chi connectivity index (χ0n) is 10.0. The zero-order chi connectivity index (χ0) is 11.9. The number of hydrogen-bond donors (Lipinski definition) is 0. The van der Waals surface area contributed by atoms with E-state index in [1.54, 1.807) is 6.20 Å². The van der Waals surface area contributed by atoms with Crippen molar-refractivity contribution in [2.24, 2.45) is 0 Å². The quantitative estimate of drug-likeness (QED) is 0.691. The molecule has 16 heavy (non-hydrogen) atoms. The zero-order valence-corrected chi connectivity index (χ0v) is 10.8. The van der Waals surface area contributed by atoms with Gasteiger partial charge in [-0.1, -0.05) is 32.4 Å². The maximum Gasteiger partial charge on any atom is 0.108 e. The van der Waals surface area contributed by atoms with Crippen LogP contribution in [0.3, 0.4) is 0 Å². The molecule has 0 spiro atoms. The molecule has 0 bridgehead atoms. The highest BCUT2D eigenvalue weighted by molar-refractivity contribution is 6.35. The molecule has 2 nitrogen and oxygen atoms in total. The average Bonchev–Trinajstić information content (AvgIpc) is 2.17. The van der Waals surface area contributed by atoms with Crippen molar-refractivity contribution in [2.45, 2.75) is 33.1 Å². The van der Waals surface area contributed by atoms with Gasteiger partial charge >= 0.3 is 0 Å². The number of aromatic nitrogens is 2. The summed E-state index contributed by atoms with van der Waals surface area (Å²) in [5.41, 5.74) is 3.79. The van der Waals surface area contributed by atoms with Gasteiger partial charge < -0.3 is 0 Å². The standard InChI is InChI=1S/C13H15ClN2/c1-8-7-15-11-6-9(13(2,3)4)5-10(14)12(11)16-8/h5-7H,1-4H3. The molecule has 1 aromatic heterocycles. The first-order valence-corrected chi connectivity index (χ1v) is 5.69. The van der Waals surface area contributed by atoms with E-state index >= 15 is 0 Å². The number of rotatable bonds is 0. The van der Waals surface area contributed by atoms with Crippen LogP contribution < -0.4 is 0 Å². The Balaban J connectivity index is 2.74. The van der Waals surface area contributed by atoms with Gasteiger partial charge in [-0.05, 0) is 30.0 Å². The normalized spacial score (nSPS) is 12.1. The minimum atomic E-state index is 0.0738. The Labute approximate surface area is 101 Å². The van der Waals surface area contributed by atoms with E-state index < -0.39 is 0 Å². The maximum absolute atomic E-state index is 6.24.